The van der Waals surface area contributed by atoms with Crippen molar-refractivity contribution in [2.24, 2.45) is 0 Å². The molecular formula is C14H17F3N2. The Morgan fingerprint density at radius 2 is 2.00 bits per heavy atom. The highest BCUT2D eigenvalue weighted by Crippen LogP contribution is 2.29. The van der Waals surface area contributed by atoms with Gasteiger partial charge in [0.15, 0.2) is 0 Å². The number of hydrogen-bond donors (Lipinski definition) is 0. The Balaban J connectivity index is 2.20. The van der Waals surface area contributed by atoms with Crippen molar-refractivity contribution in [3.8, 4) is 0 Å². The van der Waals surface area contributed by atoms with Crippen molar-refractivity contribution in [1.82, 2.24) is 9.88 Å². The molecule has 0 aromatic carbocycles. The molecule has 0 N–H and O–H groups in total. The monoisotopic (exact) mass is 270 g/mol. The minimum atomic E-state index is -4.38. The summed E-state index contributed by atoms with van der Waals surface area (Å²) in [5.74, 6) is 0. The van der Waals surface area contributed by atoms with E-state index >= 15 is 0 Å². The average Bonchev–Trinajstić information content (AvgIpc) is 2.38. The molecule has 0 bridgehead atoms. The third kappa shape index (κ3) is 3.35. The van der Waals surface area contributed by atoms with Crippen molar-refractivity contribution in [2.75, 3.05) is 13.1 Å². The largest absolute Gasteiger partial charge is 0.433 e. The Morgan fingerprint density at radius 1 is 1.26 bits per heavy atom. The van der Waals surface area contributed by atoms with E-state index in [9.17, 15) is 13.2 Å². The summed E-state index contributed by atoms with van der Waals surface area (Å²) < 4.78 is 37.8. The smallest absolute Gasteiger partial charge is 0.297 e. The maximum atomic E-state index is 12.6. The zero-order valence-electron chi connectivity index (χ0n) is 11.0. The molecule has 2 rings (SSSR count). The fourth-order valence-electron chi connectivity index (χ4n) is 2.16. The molecule has 1 aliphatic heterocycles. The van der Waals surface area contributed by atoms with Gasteiger partial charge in [0.1, 0.15) is 5.69 Å². The summed E-state index contributed by atoms with van der Waals surface area (Å²) in [4.78, 5) is 6.00. The zero-order chi connectivity index (χ0) is 14.0. The molecule has 0 atom stereocenters. The first-order valence-electron chi connectivity index (χ1n) is 6.35. The molecule has 19 heavy (non-hydrogen) atoms. The fraction of sp³-hybridized carbons (Fsp3) is 0.500. The Hall–Kier alpha value is -1.36. The van der Waals surface area contributed by atoms with Gasteiger partial charge in [-0.15, -0.1) is 0 Å². The zero-order valence-corrected chi connectivity index (χ0v) is 11.0. The van der Waals surface area contributed by atoms with Gasteiger partial charge in [-0.1, -0.05) is 12.1 Å². The molecule has 0 spiro atoms. The number of nitrogens with zero attached hydrogens (tertiary/aromatic N) is 2. The lowest BCUT2D eigenvalue weighted by Gasteiger charge is -2.29. The van der Waals surface area contributed by atoms with E-state index in [4.69, 9.17) is 0 Å². The Bertz CT molecular complexity index is 478. The summed E-state index contributed by atoms with van der Waals surface area (Å²) in [5, 5.41) is 0. The van der Waals surface area contributed by atoms with Gasteiger partial charge in [0.05, 0.1) is 5.69 Å². The van der Waals surface area contributed by atoms with E-state index in [1.807, 2.05) is 6.08 Å². The Kier molecular flexibility index (Phi) is 3.94. The molecule has 0 radical (unpaired) electrons. The third-order valence-corrected chi connectivity index (χ3v) is 3.34. The maximum Gasteiger partial charge on any atom is 0.433 e. The van der Waals surface area contributed by atoms with Crippen LogP contribution in [0.15, 0.2) is 24.3 Å². The molecule has 1 aliphatic rings. The first-order valence-corrected chi connectivity index (χ1v) is 6.35. The van der Waals surface area contributed by atoms with E-state index in [0.717, 1.165) is 31.1 Å². The Labute approximate surface area is 110 Å². The van der Waals surface area contributed by atoms with E-state index in [0.29, 0.717) is 11.7 Å². The molecule has 0 saturated heterocycles. The van der Waals surface area contributed by atoms with Crippen molar-refractivity contribution >= 4 is 5.57 Å². The first-order chi connectivity index (χ1) is 8.88. The lowest BCUT2D eigenvalue weighted by atomic mass is 10.0. The quantitative estimate of drug-likeness (QED) is 0.816. The van der Waals surface area contributed by atoms with E-state index in [1.165, 1.54) is 6.07 Å². The van der Waals surface area contributed by atoms with Crippen LogP contribution in [0.25, 0.3) is 5.57 Å². The second-order valence-corrected chi connectivity index (χ2v) is 4.97. The van der Waals surface area contributed by atoms with Crippen LogP contribution in [0.3, 0.4) is 0 Å². The lowest BCUT2D eigenvalue weighted by Crippen LogP contribution is -2.34. The van der Waals surface area contributed by atoms with Gasteiger partial charge in [-0.25, -0.2) is 4.98 Å². The minimum Gasteiger partial charge on any atom is -0.297 e. The van der Waals surface area contributed by atoms with Gasteiger partial charge in [0.2, 0.25) is 0 Å². The van der Waals surface area contributed by atoms with Gasteiger partial charge in [-0.05, 0) is 38.0 Å². The van der Waals surface area contributed by atoms with Crippen LogP contribution in [0.1, 0.15) is 31.7 Å². The molecule has 0 amide bonds. The van der Waals surface area contributed by atoms with Crippen LogP contribution < -0.4 is 0 Å². The number of hydrogen-bond acceptors (Lipinski definition) is 2. The molecule has 1 aromatic heterocycles. The van der Waals surface area contributed by atoms with Crippen molar-refractivity contribution in [3.63, 3.8) is 0 Å². The molecule has 2 heterocycles. The van der Waals surface area contributed by atoms with Crippen molar-refractivity contribution in [1.29, 1.82) is 0 Å². The molecule has 0 unspecified atom stereocenters. The van der Waals surface area contributed by atoms with E-state index < -0.39 is 11.9 Å². The molecule has 5 heteroatoms. The molecule has 0 aliphatic carbocycles. The normalized spacial score (nSPS) is 17.7. The lowest BCUT2D eigenvalue weighted by molar-refractivity contribution is -0.141. The second kappa shape index (κ2) is 5.33. The highest BCUT2D eigenvalue weighted by atomic mass is 19.4. The molecule has 0 fully saturated rings. The van der Waals surface area contributed by atoms with E-state index in [2.05, 4.69) is 23.7 Å². The van der Waals surface area contributed by atoms with Gasteiger partial charge in [0.25, 0.3) is 0 Å². The van der Waals surface area contributed by atoms with Gasteiger partial charge in [0, 0.05) is 19.1 Å². The highest BCUT2D eigenvalue weighted by molar-refractivity contribution is 5.63. The predicted octanol–water partition coefficient (Wildman–Crippen LogP) is 3.60. The molecule has 2 nitrogen and oxygen atoms in total. The molecular weight excluding hydrogens is 253 g/mol. The van der Waals surface area contributed by atoms with Crippen molar-refractivity contribution in [2.45, 2.75) is 32.5 Å². The van der Waals surface area contributed by atoms with Crippen LogP contribution in [-0.2, 0) is 6.18 Å². The maximum absolute atomic E-state index is 12.6. The summed E-state index contributed by atoms with van der Waals surface area (Å²) in [6, 6.07) is 4.52. The number of alkyl halides is 3. The van der Waals surface area contributed by atoms with Crippen LogP contribution in [-0.4, -0.2) is 29.0 Å². The predicted molar refractivity (Wildman–Crippen MR) is 68.5 cm³/mol. The Morgan fingerprint density at radius 3 is 2.53 bits per heavy atom. The van der Waals surface area contributed by atoms with E-state index in [-0.39, 0.29) is 0 Å². The van der Waals surface area contributed by atoms with Crippen molar-refractivity contribution in [3.05, 3.63) is 35.7 Å². The molecule has 0 saturated carbocycles. The number of halogens is 3. The summed E-state index contributed by atoms with van der Waals surface area (Å²) >= 11 is 0. The number of aromatic nitrogens is 1. The summed E-state index contributed by atoms with van der Waals surface area (Å²) in [7, 11) is 0. The van der Waals surface area contributed by atoms with Gasteiger partial charge in [-0.2, -0.15) is 13.2 Å². The minimum absolute atomic E-state index is 0.443. The van der Waals surface area contributed by atoms with Crippen LogP contribution in [0, 0.1) is 0 Å². The first kappa shape index (κ1) is 14.1. The summed E-state index contributed by atoms with van der Waals surface area (Å²) in [6.07, 6.45) is -1.66. The van der Waals surface area contributed by atoms with Crippen LogP contribution in [0.2, 0.25) is 0 Å². The number of pyridine rings is 1. The average molecular weight is 270 g/mol. The van der Waals surface area contributed by atoms with E-state index in [1.54, 1.807) is 6.07 Å². The SMILES string of the molecule is CC(C)N1CC=C(c2cccc(C(F)(F)F)n2)CC1. The standard InChI is InChI=1S/C14H17F3N2/c1-10(2)19-8-6-11(7-9-19)12-4-3-5-13(18-12)14(15,16)17/h3-6,10H,7-9H2,1-2H3. The number of rotatable bonds is 2. The highest BCUT2D eigenvalue weighted by Gasteiger charge is 2.32. The summed E-state index contributed by atoms with van der Waals surface area (Å²) in [6.45, 7) is 5.86. The second-order valence-electron chi connectivity index (χ2n) is 4.97. The van der Waals surface area contributed by atoms with Crippen LogP contribution >= 0.6 is 0 Å². The van der Waals surface area contributed by atoms with Crippen molar-refractivity contribution < 1.29 is 13.2 Å². The third-order valence-electron chi connectivity index (χ3n) is 3.34. The van der Waals surface area contributed by atoms with Gasteiger partial charge >= 0.3 is 6.18 Å². The molecule has 1 aromatic rings. The summed E-state index contributed by atoms with van der Waals surface area (Å²) in [5.41, 5.74) is 0.526. The van der Waals surface area contributed by atoms with Gasteiger partial charge < -0.3 is 0 Å². The topological polar surface area (TPSA) is 16.1 Å². The fourth-order valence-corrected chi connectivity index (χ4v) is 2.16. The van der Waals surface area contributed by atoms with Crippen LogP contribution in [0.4, 0.5) is 13.2 Å². The molecule has 104 valence electrons. The van der Waals surface area contributed by atoms with Gasteiger partial charge in [-0.3, -0.25) is 4.90 Å². The van der Waals surface area contributed by atoms with Crippen LogP contribution in [0.5, 0.6) is 0 Å².